The number of carbonyl (C=O) groups is 1. The van der Waals surface area contributed by atoms with Crippen LogP contribution in [0.5, 0.6) is 0 Å². The van der Waals surface area contributed by atoms with Crippen molar-refractivity contribution in [3.63, 3.8) is 0 Å². The van der Waals surface area contributed by atoms with E-state index in [9.17, 15) is 4.79 Å². The van der Waals surface area contributed by atoms with Gasteiger partial charge in [-0.05, 0) is 31.2 Å². The molecular formula is C20H24N10O. The zero-order chi connectivity index (χ0) is 22.0. The minimum absolute atomic E-state index is 0.0630. The highest BCUT2D eigenvalue weighted by molar-refractivity contribution is 6.02. The Balaban J connectivity index is 1.62. The van der Waals surface area contributed by atoms with Crippen molar-refractivity contribution in [1.29, 1.82) is 0 Å². The van der Waals surface area contributed by atoms with Gasteiger partial charge in [-0.2, -0.15) is 29.9 Å². The molecule has 0 saturated heterocycles. The third-order valence-electron chi connectivity index (χ3n) is 5.70. The highest BCUT2D eigenvalue weighted by Crippen LogP contribution is 2.42. The van der Waals surface area contributed by atoms with Crippen LogP contribution in [0.25, 0.3) is 0 Å². The first-order valence-corrected chi connectivity index (χ1v) is 9.99. The fourth-order valence-electron chi connectivity index (χ4n) is 4.17. The Hall–Kier alpha value is -3.89. The maximum absolute atomic E-state index is 13.6. The molecule has 0 atom stereocenters. The molecule has 0 saturated carbocycles. The fourth-order valence-corrected chi connectivity index (χ4v) is 4.17. The molecule has 2 aromatic heterocycles. The number of carbonyl (C=O) groups excluding carboxylic acids is 1. The summed E-state index contributed by atoms with van der Waals surface area (Å²) in [6, 6.07) is 7.71. The number of aromatic nitrogens is 6. The lowest BCUT2D eigenvalue weighted by Crippen LogP contribution is -2.37. The zero-order valence-corrected chi connectivity index (χ0v) is 17.0. The minimum Gasteiger partial charge on any atom is -0.368 e. The standard InChI is InChI=1S/C20H24N10O/c21-16-25-13(26-17(22)29-16)6-9-20(10-7-14-27-18(23)30-19(24)28-14)8-5-11-3-1-2-4-12(11)15(20)31/h1-4H,5-10H2,(H4,21,22,25,26,29)(H4,23,24,27,28,30). The van der Waals surface area contributed by atoms with Crippen molar-refractivity contribution in [3.05, 3.63) is 47.0 Å². The molecule has 2 heterocycles. The highest BCUT2D eigenvalue weighted by atomic mass is 16.1. The molecular weight excluding hydrogens is 396 g/mol. The number of nitrogens with two attached hydrogens (primary N) is 4. The second kappa shape index (κ2) is 8.09. The molecule has 1 aliphatic carbocycles. The van der Waals surface area contributed by atoms with Crippen molar-refractivity contribution in [3.8, 4) is 0 Å². The van der Waals surface area contributed by atoms with Crippen molar-refractivity contribution in [2.45, 2.75) is 38.5 Å². The Bertz CT molecular complexity index is 1040. The predicted octanol–water partition coefficient (Wildman–Crippen LogP) is 0.766. The van der Waals surface area contributed by atoms with E-state index in [-0.39, 0.29) is 29.6 Å². The molecule has 0 radical (unpaired) electrons. The summed E-state index contributed by atoms with van der Waals surface area (Å²) >= 11 is 0. The largest absolute Gasteiger partial charge is 0.368 e. The van der Waals surface area contributed by atoms with Gasteiger partial charge in [-0.25, -0.2) is 0 Å². The summed E-state index contributed by atoms with van der Waals surface area (Å²) in [6.07, 6.45) is 3.41. The Morgan fingerprint density at radius 2 is 1.23 bits per heavy atom. The number of hydrogen-bond donors (Lipinski definition) is 4. The van der Waals surface area contributed by atoms with E-state index in [0.717, 1.165) is 17.5 Å². The van der Waals surface area contributed by atoms with Crippen molar-refractivity contribution in [1.82, 2.24) is 29.9 Å². The number of Topliss-reactive ketones (excluding diaryl/α,β-unsaturated/α-hetero) is 1. The maximum atomic E-state index is 13.6. The monoisotopic (exact) mass is 420 g/mol. The number of ketones is 1. The van der Waals surface area contributed by atoms with Gasteiger partial charge in [0.25, 0.3) is 0 Å². The number of hydrogen-bond acceptors (Lipinski definition) is 11. The van der Waals surface area contributed by atoms with Gasteiger partial charge >= 0.3 is 0 Å². The first-order chi connectivity index (χ1) is 14.8. The van der Waals surface area contributed by atoms with E-state index in [2.05, 4.69) is 29.9 Å². The van der Waals surface area contributed by atoms with Crippen LogP contribution in [0.1, 0.15) is 46.8 Å². The molecule has 0 aliphatic heterocycles. The van der Waals surface area contributed by atoms with Crippen LogP contribution in [0.15, 0.2) is 24.3 Å². The Morgan fingerprint density at radius 1 is 0.742 bits per heavy atom. The van der Waals surface area contributed by atoms with Crippen LogP contribution >= 0.6 is 0 Å². The molecule has 0 amide bonds. The maximum Gasteiger partial charge on any atom is 0.225 e. The van der Waals surface area contributed by atoms with Crippen molar-refractivity contribution >= 4 is 29.6 Å². The van der Waals surface area contributed by atoms with Crippen LogP contribution in [-0.4, -0.2) is 35.7 Å². The van der Waals surface area contributed by atoms with E-state index in [1.54, 1.807) is 0 Å². The normalized spacial score (nSPS) is 14.9. The summed E-state index contributed by atoms with van der Waals surface area (Å²) in [5, 5.41) is 0. The number of aryl methyl sites for hydroxylation is 3. The van der Waals surface area contributed by atoms with Crippen LogP contribution in [0.2, 0.25) is 0 Å². The number of benzene rings is 1. The average Bonchev–Trinajstić information content (AvgIpc) is 2.72. The van der Waals surface area contributed by atoms with Crippen LogP contribution in [0, 0.1) is 5.41 Å². The molecule has 160 valence electrons. The van der Waals surface area contributed by atoms with Gasteiger partial charge in [0.2, 0.25) is 23.8 Å². The summed E-state index contributed by atoms with van der Waals surface area (Å²) in [5.74, 6) is 1.27. The number of anilines is 4. The van der Waals surface area contributed by atoms with E-state index >= 15 is 0 Å². The predicted molar refractivity (Wildman–Crippen MR) is 115 cm³/mol. The topological polar surface area (TPSA) is 198 Å². The lowest BCUT2D eigenvalue weighted by atomic mass is 9.65. The van der Waals surface area contributed by atoms with Crippen molar-refractivity contribution in [2.75, 3.05) is 22.9 Å². The number of fused-ring (bicyclic) bond motifs is 1. The van der Waals surface area contributed by atoms with Crippen LogP contribution in [0.4, 0.5) is 23.8 Å². The molecule has 1 aromatic carbocycles. The highest BCUT2D eigenvalue weighted by Gasteiger charge is 2.42. The van der Waals surface area contributed by atoms with E-state index in [4.69, 9.17) is 22.9 Å². The van der Waals surface area contributed by atoms with Gasteiger partial charge in [-0.1, -0.05) is 24.3 Å². The number of nitrogens with zero attached hydrogens (tertiary/aromatic N) is 6. The minimum atomic E-state index is -0.638. The van der Waals surface area contributed by atoms with Crippen LogP contribution in [0.3, 0.4) is 0 Å². The first-order valence-electron chi connectivity index (χ1n) is 9.99. The number of nitrogen functional groups attached to an aromatic ring is 4. The summed E-state index contributed by atoms with van der Waals surface area (Å²) in [4.78, 5) is 37.9. The second-order valence-corrected chi connectivity index (χ2v) is 7.70. The molecule has 0 bridgehead atoms. The van der Waals surface area contributed by atoms with Gasteiger partial charge < -0.3 is 22.9 Å². The molecule has 1 aliphatic rings. The summed E-state index contributed by atoms with van der Waals surface area (Å²) < 4.78 is 0. The van der Waals surface area contributed by atoms with Gasteiger partial charge in [0.1, 0.15) is 11.6 Å². The Labute approximate surface area is 178 Å². The lowest BCUT2D eigenvalue weighted by molar-refractivity contribution is 0.0717. The quantitative estimate of drug-likeness (QED) is 0.439. The third-order valence-corrected chi connectivity index (χ3v) is 5.70. The third kappa shape index (κ3) is 4.34. The lowest BCUT2D eigenvalue weighted by Gasteiger charge is -2.36. The van der Waals surface area contributed by atoms with Gasteiger partial charge in [0, 0.05) is 23.8 Å². The average molecular weight is 420 g/mol. The van der Waals surface area contributed by atoms with Crippen LogP contribution < -0.4 is 22.9 Å². The molecule has 0 fully saturated rings. The zero-order valence-electron chi connectivity index (χ0n) is 17.0. The smallest absolute Gasteiger partial charge is 0.225 e. The first kappa shape index (κ1) is 20.4. The summed E-state index contributed by atoms with van der Waals surface area (Å²) in [6.45, 7) is 0. The van der Waals surface area contributed by atoms with E-state index in [1.165, 1.54) is 0 Å². The van der Waals surface area contributed by atoms with E-state index in [0.29, 0.717) is 43.8 Å². The SMILES string of the molecule is Nc1nc(N)nc(CCC2(CCc3nc(N)nc(N)n3)CCc3ccccc3C2=O)n1. The Morgan fingerprint density at radius 3 is 1.74 bits per heavy atom. The van der Waals surface area contributed by atoms with E-state index < -0.39 is 5.41 Å². The molecule has 4 rings (SSSR count). The Kier molecular flexibility index (Phi) is 5.32. The molecule has 31 heavy (non-hydrogen) atoms. The van der Waals surface area contributed by atoms with Gasteiger partial charge in [-0.3, -0.25) is 4.79 Å². The molecule has 11 heteroatoms. The molecule has 0 unspecified atom stereocenters. The summed E-state index contributed by atoms with van der Waals surface area (Å²) in [7, 11) is 0. The molecule has 3 aromatic rings. The van der Waals surface area contributed by atoms with Gasteiger partial charge in [0.15, 0.2) is 5.78 Å². The van der Waals surface area contributed by atoms with Crippen molar-refractivity contribution in [2.24, 2.45) is 5.41 Å². The van der Waals surface area contributed by atoms with Crippen LogP contribution in [-0.2, 0) is 19.3 Å². The van der Waals surface area contributed by atoms with Gasteiger partial charge in [0.05, 0.1) is 0 Å². The molecule has 0 spiro atoms. The van der Waals surface area contributed by atoms with Crippen molar-refractivity contribution < 1.29 is 4.79 Å². The number of rotatable bonds is 6. The van der Waals surface area contributed by atoms with E-state index in [1.807, 2.05) is 24.3 Å². The molecule has 11 nitrogen and oxygen atoms in total. The fraction of sp³-hybridized carbons (Fsp3) is 0.350. The van der Waals surface area contributed by atoms with Gasteiger partial charge in [-0.15, -0.1) is 0 Å². The second-order valence-electron chi connectivity index (χ2n) is 7.70. The molecule has 8 N–H and O–H groups in total. The summed E-state index contributed by atoms with van der Waals surface area (Å²) in [5.41, 5.74) is 24.0.